The fraction of sp³-hybridized carbons (Fsp3) is 0.0244. The van der Waals surface area contributed by atoms with Crippen LogP contribution in [0.2, 0.25) is 0 Å². The average molecular weight is 622 g/mol. The van der Waals surface area contributed by atoms with Gasteiger partial charge in [-0.15, -0.1) is 0 Å². The van der Waals surface area contributed by atoms with Gasteiger partial charge in [0.05, 0.1) is 22.8 Å². The Labute approximate surface area is 278 Å². The number of nitrogens with zero attached hydrogens (tertiary/aromatic N) is 5. The second-order valence-corrected chi connectivity index (χ2v) is 11.4. The van der Waals surface area contributed by atoms with Crippen molar-refractivity contribution in [1.82, 2.24) is 24.1 Å². The Morgan fingerprint density at radius 1 is 0.521 bits per heavy atom. The number of nitrogens with one attached hydrogen (secondary N) is 2. The van der Waals surface area contributed by atoms with E-state index in [-0.39, 0.29) is 5.84 Å². The molecule has 230 valence electrons. The molecule has 7 heteroatoms. The van der Waals surface area contributed by atoms with E-state index in [0.29, 0.717) is 5.84 Å². The first-order valence-electron chi connectivity index (χ1n) is 15.8. The van der Waals surface area contributed by atoms with E-state index < -0.39 is 0 Å². The molecule has 0 amide bonds. The first kappa shape index (κ1) is 28.8. The molecule has 0 unspecified atom stereocenters. The minimum atomic E-state index is 0.171. The van der Waals surface area contributed by atoms with Crippen LogP contribution in [0.4, 0.5) is 0 Å². The summed E-state index contributed by atoms with van der Waals surface area (Å²) in [4.78, 5) is 14.6. The summed E-state index contributed by atoms with van der Waals surface area (Å²) in [6, 6.07) is 48.8. The molecular formula is C41H31N7. The lowest BCUT2D eigenvalue weighted by atomic mass is 10.0. The molecule has 8 aromatic rings. The maximum atomic E-state index is 8.88. The van der Waals surface area contributed by atoms with E-state index in [0.717, 1.165) is 67.5 Å². The first-order chi connectivity index (χ1) is 23.7. The highest BCUT2D eigenvalue weighted by molar-refractivity contribution is 6.10. The zero-order valence-electron chi connectivity index (χ0n) is 26.2. The molecule has 48 heavy (non-hydrogen) atoms. The van der Waals surface area contributed by atoms with Crippen molar-refractivity contribution in [1.29, 1.82) is 5.41 Å². The number of benzene rings is 4. The van der Waals surface area contributed by atoms with Crippen molar-refractivity contribution in [2.75, 3.05) is 7.05 Å². The topological polar surface area (TPSA) is 82.8 Å². The Morgan fingerprint density at radius 2 is 0.958 bits per heavy atom. The third-order valence-electron chi connectivity index (χ3n) is 8.48. The van der Waals surface area contributed by atoms with Crippen LogP contribution in [-0.4, -0.2) is 37.5 Å². The van der Waals surface area contributed by atoms with Gasteiger partial charge in [0, 0.05) is 52.8 Å². The van der Waals surface area contributed by atoms with Crippen LogP contribution in [0, 0.1) is 5.41 Å². The van der Waals surface area contributed by atoms with Gasteiger partial charge >= 0.3 is 0 Å². The molecule has 0 saturated heterocycles. The van der Waals surface area contributed by atoms with Crippen molar-refractivity contribution >= 4 is 23.0 Å². The van der Waals surface area contributed by atoms with Crippen molar-refractivity contribution in [2.24, 2.45) is 4.99 Å². The first-order valence-corrected chi connectivity index (χ1v) is 15.8. The van der Waals surface area contributed by atoms with E-state index in [2.05, 4.69) is 50.5 Å². The Kier molecular flexibility index (Phi) is 7.39. The highest BCUT2D eigenvalue weighted by Gasteiger charge is 2.18. The number of pyridine rings is 2. The molecule has 0 atom stereocenters. The van der Waals surface area contributed by atoms with Crippen molar-refractivity contribution in [2.45, 2.75) is 0 Å². The van der Waals surface area contributed by atoms with Crippen molar-refractivity contribution in [3.05, 3.63) is 169 Å². The van der Waals surface area contributed by atoms with Crippen molar-refractivity contribution in [3.8, 4) is 45.0 Å². The van der Waals surface area contributed by atoms with Gasteiger partial charge < -0.3 is 5.32 Å². The number of rotatable bonds is 6. The quantitative estimate of drug-likeness (QED) is 0.144. The highest BCUT2D eigenvalue weighted by atomic mass is 15.0. The van der Waals surface area contributed by atoms with Crippen LogP contribution in [0.15, 0.2) is 163 Å². The molecule has 0 fully saturated rings. The zero-order valence-corrected chi connectivity index (χ0v) is 26.2. The summed E-state index contributed by atoms with van der Waals surface area (Å²) in [5, 5.41) is 12.1. The van der Waals surface area contributed by atoms with E-state index in [4.69, 9.17) is 20.4 Å². The number of hydrogen-bond acceptors (Lipinski definition) is 3. The van der Waals surface area contributed by atoms with E-state index in [1.807, 2.05) is 129 Å². The molecule has 4 heterocycles. The highest BCUT2D eigenvalue weighted by Crippen LogP contribution is 2.34. The van der Waals surface area contributed by atoms with Crippen molar-refractivity contribution < 1.29 is 0 Å². The Bertz CT molecular complexity index is 2420. The van der Waals surface area contributed by atoms with E-state index in [1.165, 1.54) is 0 Å². The van der Waals surface area contributed by atoms with Crippen LogP contribution in [0.3, 0.4) is 0 Å². The van der Waals surface area contributed by atoms with Crippen LogP contribution in [0.25, 0.3) is 56.3 Å². The van der Waals surface area contributed by atoms with Gasteiger partial charge in [-0.2, -0.15) is 0 Å². The minimum absolute atomic E-state index is 0.171. The number of imidazole rings is 2. The van der Waals surface area contributed by atoms with E-state index in [1.54, 1.807) is 0 Å². The number of aromatic nitrogens is 4. The summed E-state index contributed by atoms with van der Waals surface area (Å²) >= 11 is 0. The van der Waals surface area contributed by atoms with Crippen LogP contribution in [-0.2, 0) is 0 Å². The van der Waals surface area contributed by atoms with Crippen LogP contribution >= 0.6 is 0 Å². The van der Waals surface area contributed by atoms with Gasteiger partial charge in [0.25, 0.3) is 0 Å². The molecule has 0 spiro atoms. The van der Waals surface area contributed by atoms with Gasteiger partial charge in [0.1, 0.15) is 17.1 Å². The molecule has 0 radical (unpaired) electrons. The molecule has 7 nitrogen and oxygen atoms in total. The van der Waals surface area contributed by atoms with Crippen LogP contribution in [0.5, 0.6) is 0 Å². The molecular weight excluding hydrogens is 591 g/mol. The zero-order chi connectivity index (χ0) is 32.5. The molecule has 0 bridgehead atoms. The maximum absolute atomic E-state index is 8.88. The lowest BCUT2D eigenvalue weighted by Gasteiger charge is -2.10. The predicted molar refractivity (Wildman–Crippen MR) is 195 cm³/mol. The van der Waals surface area contributed by atoms with Crippen LogP contribution < -0.4 is 5.32 Å². The van der Waals surface area contributed by atoms with Gasteiger partial charge in [0.15, 0.2) is 5.84 Å². The number of amidine groups is 2. The van der Waals surface area contributed by atoms with E-state index in [9.17, 15) is 0 Å². The summed E-state index contributed by atoms with van der Waals surface area (Å²) in [5.41, 5.74) is 11.4. The molecule has 0 aliphatic rings. The van der Waals surface area contributed by atoms with Gasteiger partial charge in [-0.05, 0) is 24.3 Å². The third kappa shape index (κ3) is 5.23. The van der Waals surface area contributed by atoms with Gasteiger partial charge in [0.2, 0.25) is 0 Å². The molecule has 0 saturated carbocycles. The normalized spacial score (nSPS) is 11.6. The summed E-state index contributed by atoms with van der Waals surface area (Å²) in [7, 11) is 1.83. The average Bonchev–Trinajstić information content (AvgIpc) is 3.74. The SMILES string of the molecule is CNC(=NC(=N)c1ccc(-c2c(-c3ccccc3)nc3ccccn23)cc1)c1ccc(-c2c(-c3ccccc3)nc3ccccn23)cc1. The number of fused-ring (bicyclic) bond motifs is 2. The monoisotopic (exact) mass is 621 g/mol. The second kappa shape index (κ2) is 12.3. The molecule has 4 aromatic carbocycles. The summed E-state index contributed by atoms with van der Waals surface area (Å²) in [6.07, 6.45) is 4.08. The van der Waals surface area contributed by atoms with Crippen LogP contribution in [0.1, 0.15) is 11.1 Å². The summed E-state index contributed by atoms with van der Waals surface area (Å²) < 4.78 is 4.23. The molecule has 0 aliphatic carbocycles. The van der Waals surface area contributed by atoms with Gasteiger partial charge in [-0.1, -0.05) is 121 Å². The Morgan fingerprint density at radius 3 is 1.42 bits per heavy atom. The smallest absolute Gasteiger partial charge is 0.154 e. The number of hydrogen-bond donors (Lipinski definition) is 2. The number of aliphatic imine (C=N–C) groups is 1. The fourth-order valence-corrected chi connectivity index (χ4v) is 6.15. The summed E-state index contributed by atoms with van der Waals surface area (Å²) in [5.74, 6) is 0.787. The lowest BCUT2D eigenvalue weighted by molar-refractivity contribution is 1.16. The molecule has 4 aromatic heterocycles. The second-order valence-electron chi connectivity index (χ2n) is 11.4. The Hall–Kier alpha value is -6.60. The van der Waals surface area contributed by atoms with Gasteiger partial charge in [-0.25, -0.2) is 15.0 Å². The molecule has 0 aliphatic heterocycles. The largest absolute Gasteiger partial charge is 0.373 e. The third-order valence-corrected chi connectivity index (χ3v) is 8.48. The Balaban J connectivity index is 1.10. The summed E-state index contributed by atoms with van der Waals surface area (Å²) in [6.45, 7) is 0. The minimum Gasteiger partial charge on any atom is -0.373 e. The standard InChI is InChI=1S/C41H31N7/c1-43-41(33-24-20-31(21-25-33)39-37(29-14-6-3-7-15-29)45-35-17-9-11-27-48(35)39)46-40(42)32-22-18-30(19-23-32)38-36(28-12-4-2-5-13-28)44-34-16-8-10-26-47(34)38/h2-27H,1H3,(H2,42,43,46). The molecule has 8 rings (SSSR count). The molecule has 2 N–H and O–H groups in total. The fourth-order valence-electron chi connectivity index (χ4n) is 6.15. The van der Waals surface area contributed by atoms with E-state index >= 15 is 0 Å². The van der Waals surface area contributed by atoms with Gasteiger partial charge in [-0.3, -0.25) is 14.2 Å². The predicted octanol–water partition coefficient (Wildman–Crippen LogP) is 8.64. The maximum Gasteiger partial charge on any atom is 0.154 e. The van der Waals surface area contributed by atoms with Crippen molar-refractivity contribution in [3.63, 3.8) is 0 Å². The lowest BCUT2D eigenvalue weighted by Crippen LogP contribution is -2.21.